The Morgan fingerprint density at radius 3 is 2.25 bits per heavy atom. The molecule has 24 heavy (non-hydrogen) atoms. The molecule has 0 aromatic carbocycles. The predicted molar refractivity (Wildman–Crippen MR) is 92.6 cm³/mol. The Balaban J connectivity index is 1.44. The van der Waals surface area contributed by atoms with E-state index in [1.54, 1.807) is 4.31 Å². The van der Waals surface area contributed by atoms with Crippen LogP contribution in [0, 0.1) is 0 Å². The molecule has 3 aliphatic rings. The molecule has 1 aliphatic carbocycles. The Labute approximate surface area is 144 Å². The standard InChI is InChI=1S/C16H27N5O2S/c1-2-21-15(13-5-6-13)17-18-16(21)19-11-7-14(8-12-19)24(22,23)20-9-3-4-10-20/h13-14H,2-12H2,1H3. The first-order chi connectivity index (χ1) is 11.6. The molecule has 0 atom stereocenters. The predicted octanol–water partition coefficient (Wildman–Crippen LogP) is 1.57. The summed E-state index contributed by atoms with van der Waals surface area (Å²) in [5, 5.41) is 8.59. The Morgan fingerprint density at radius 1 is 1.00 bits per heavy atom. The van der Waals surface area contributed by atoms with E-state index in [9.17, 15) is 8.42 Å². The average molecular weight is 353 g/mol. The Bertz CT molecular complexity index is 683. The molecule has 7 nitrogen and oxygen atoms in total. The molecule has 4 rings (SSSR count). The fourth-order valence-corrected chi connectivity index (χ4v) is 5.99. The quantitative estimate of drug-likeness (QED) is 0.803. The first-order valence-electron chi connectivity index (χ1n) is 9.28. The van der Waals surface area contributed by atoms with Gasteiger partial charge in [0.05, 0.1) is 5.25 Å². The number of piperidine rings is 1. The molecule has 3 fully saturated rings. The Kier molecular flexibility index (Phi) is 4.28. The van der Waals surface area contributed by atoms with Crippen molar-refractivity contribution < 1.29 is 8.42 Å². The summed E-state index contributed by atoms with van der Waals surface area (Å²) in [6, 6.07) is 0. The molecular formula is C16H27N5O2S. The van der Waals surface area contributed by atoms with Gasteiger partial charge in [-0.15, -0.1) is 10.2 Å². The van der Waals surface area contributed by atoms with Crippen molar-refractivity contribution in [1.29, 1.82) is 0 Å². The minimum Gasteiger partial charge on any atom is -0.341 e. The number of hydrogen-bond acceptors (Lipinski definition) is 5. The van der Waals surface area contributed by atoms with Crippen LogP contribution in [0.3, 0.4) is 0 Å². The molecule has 2 aliphatic heterocycles. The first kappa shape index (κ1) is 16.3. The molecule has 0 amide bonds. The van der Waals surface area contributed by atoms with Crippen molar-refractivity contribution in [2.24, 2.45) is 0 Å². The summed E-state index contributed by atoms with van der Waals surface area (Å²) >= 11 is 0. The van der Waals surface area contributed by atoms with Crippen molar-refractivity contribution in [3.05, 3.63) is 5.82 Å². The van der Waals surface area contributed by atoms with E-state index in [-0.39, 0.29) is 5.25 Å². The van der Waals surface area contributed by atoms with E-state index >= 15 is 0 Å². The molecule has 1 aromatic rings. The van der Waals surface area contributed by atoms with Crippen molar-refractivity contribution in [1.82, 2.24) is 19.1 Å². The molecule has 3 heterocycles. The fourth-order valence-electron chi connectivity index (χ4n) is 3.99. The number of rotatable bonds is 5. The van der Waals surface area contributed by atoms with Crippen LogP contribution >= 0.6 is 0 Å². The monoisotopic (exact) mass is 353 g/mol. The molecule has 0 N–H and O–H groups in total. The second-order valence-electron chi connectivity index (χ2n) is 7.21. The van der Waals surface area contributed by atoms with Gasteiger partial charge < -0.3 is 4.90 Å². The highest BCUT2D eigenvalue weighted by Crippen LogP contribution is 2.40. The van der Waals surface area contributed by atoms with Crippen LogP contribution in [0.25, 0.3) is 0 Å². The SMILES string of the molecule is CCn1c(C2CC2)nnc1N1CCC(S(=O)(=O)N2CCCC2)CC1. The molecule has 0 bridgehead atoms. The third kappa shape index (κ3) is 2.83. The summed E-state index contributed by atoms with van der Waals surface area (Å²) in [6.07, 6.45) is 5.81. The molecule has 0 unspecified atom stereocenters. The van der Waals surface area contributed by atoms with E-state index in [1.165, 1.54) is 12.8 Å². The first-order valence-corrected chi connectivity index (χ1v) is 10.8. The van der Waals surface area contributed by atoms with E-state index in [1.807, 2.05) is 0 Å². The van der Waals surface area contributed by atoms with Gasteiger partial charge in [-0.2, -0.15) is 0 Å². The topological polar surface area (TPSA) is 71.3 Å². The molecule has 2 saturated heterocycles. The molecule has 1 saturated carbocycles. The van der Waals surface area contributed by atoms with Crippen LogP contribution in [-0.2, 0) is 16.6 Å². The van der Waals surface area contributed by atoms with Crippen LogP contribution in [0.4, 0.5) is 5.95 Å². The lowest BCUT2D eigenvalue weighted by atomic mass is 10.1. The zero-order valence-electron chi connectivity index (χ0n) is 14.4. The van der Waals surface area contributed by atoms with Crippen LogP contribution in [0.15, 0.2) is 0 Å². The minimum absolute atomic E-state index is 0.229. The second-order valence-corrected chi connectivity index (χ2v) is 9.43. The number of anilines is 1. The van der Waals surface area contributed by atoms with Gasteiger partial charge in [-0.25, -0.2) is 12.7 Å². The Morgan fingerprint density at radius 2 is 1.67 bits per heavy atom. The molecule has 0 radical (unpaired) electrons. The lowest BCUT2D eigenvalue weighted by Gasteiger charge is -2.34. The smallest absolute Gasteiger partial charge is 0.227 e. The van der Waals surface area contributed by atoms with Crippen LogP contribution in [0.5, 0.6) is 0 Å². The summed E-state index contributed by atoms with van der Waals surface area (Å²) < 4.78 is 29.4. The summed E-state index contributed by atoms with van der Waals surface area (Å²) in [6.45, 7) is 5.92. The van der Waals surface area contributed by atoms with E-state index in [4.69, 9.17) is 0 Å². The maximum absolute atomic E-state index is 12.7. The molecule has 134 valence electrons. The summed E-state index contributed by atoms with van der Waals surface area (Å²) in [5.74, 6) is 2.62. The largest absolute Gasteiger partial charge is 0.341 e. The highest BCUT2D eigenvalue weighted by molar-refractivity contribution is 7.89. The zero-order valence-corrected chi connectivity index (χ0v) is 15.2. The van der Waals surface area contributed by atoms with Crippen LogP contribution in [-0.4, -0.2) is 58.9 Å². The van der Waals surface area contributed by atoms with Gasteiger partial charge in [-0.05, 0) is 45.4 Å². The van der Waals surface area contributed by atoms with Crippen molar-refractivity contribution in [3.63, 3.8) is 0 Å². The summed E-state index contributed by atoms with van der Waals surface area (Å²) in [5.41, 5.74) is 0. The summed E-state index contributed by atoms with van der Waals surface area (Å²) in [4.78, 5) is 2.22. The fraction of sp³-hybridized carbons (Fsp3) is 0.875. The normalized spacial score (nSPS) is 24.0. The van der Waals surface area contributed by atoms with Crippen LogP contribution in [0.2, 0.25) is 0 Å². The number of nitrogens with zero attached hydrogens (tertiary/aromatic N) is 5. The van der Waals surface area contributed by atoms with Gasteiger partial charge >= 0.3 is 0 Å². The van der Waals surface area contributed by atoms with Crippen LogP contribution < -0.4 is 4.90 Å². The van der Waals surface area contributed by atoms with Gasteiger partial charge in [-0.1, -0.05) is 0 Å². The van der Waals surface area contributed by atoms with Crippen molar-refractivity contribution >= 4 is 16.0 Å². The van der Waals surface area contributed by atoms with Crippen LogP contribution in [0.1, 0.15) is 57.2 Å². The average Bonchev–Trinajstić information content (AvgIpc) is 3.13. The number of aromatic nitrogens is 3. The van der Waals surface area contributed by atoms with Gasteiger partial charge in [0.25, 0.3) is 0 Å². The van der Waals surface area contributed by atoms with Crippen molar-refractivity contribution in [2.45, 2.75) is 63.2 Å². The lowest BCUT2D eigenvalue weighted by molar-refractivity contribution is 0.444. The molecule has 8 heteroatoms. The summed E-state index contributed by atoms with van der Waals surface area (Å²) in [7, 11) is -3.12. The molecule has 0 spiro atoms. The van der Waals surface area contributed by atoms with Gasteiger partial charge in [-0.3, -0.25) is 4.57 Å². The zero-order chi connectivity index (χ0) is 16.7. The van der Waals surface area contributed by atoms with E-state index in [0.29, 0.717) is 31.8 Å². The third-order valence-electron chi connectivity index (χ3n) is 5.59. The highest BCUT2D eigenvalue weighted by atomic mass is 32.2. The second kappa shape index (κ2) is 6.29. The van der Waals surface area contributed by atoms with Gasteiger partial charge in [0.1, 0.15) is 5.82 Å². The molecule has 1 aromatic heterocycles. The van der Waals surface area contributed by atoms with Gasteiger partial charge in [0.2, 0.25) is 16.0 Å². The number of sulfonamides is 1. The van der Waals surface area contributed by atoms with E-state index in [2.05, 4.69) is 26.6 Å². The maximum atomic E-state index is 12.7. The highest BCUT2D eigenvalue weighted by Gasteiger charge is 2.37. The van der Waals surface area contributed by atoms with Crippen molar-refractivity contribution in [2.75, 3.05) is 31.1 Å². The minimum atomic E-state index is -3.12. The third-order valence-corrected chi connectivity index (χ3v) is 7.99. The van der Waals surface area contributed by atoms with Gasteiger partial charge in [0.15, 0.2) is 0 Å². The van der Waals surface area contributed by atoms with E-state index < -0.39 is 10.0 Å². The van der Waals surface area contributed by atoms with Gasteiger partial charge in [0, 0.05) is 38.6 Å². The van der Waals surface area contributed by atoms with E-state index in [0.717, 1.165) is 44.2 Å². The maximum Gasteiger partial charge on any atom is 0.227 e. The Hall–Kier alpha value is -1.15. The van der Waals surface area contributed by atoms with Crippen molar-refractivity contribution in [3.8, 4) is 0 Å². The lowest BCUT2D eigenvalue weighted by Crippen LogP contribution is -2.45. The molecular weight excluding hydrogens is 326 g/mol. The number of hydrogen-bond donors (Lipinski definition) is 0.